The topological polar surface area (TPSA) is 60.7 Å². The summed E-state index contributed by atoms with van der Waals surface area (Å²) >= 11 is 0. The lowest BCUT2D eigenvalue weighted by atomic mass is 10.2. The van der Waals surface area contributed by atoms with Crippen LogP contribution < -0.4 is 0 Å². The Labute approximate surface area is 74.4 Å². The molecule has 0 fully saturated rings. The summed E-state index contributed by atoms with van der Waals surface area (Å²) < 4.78 is 5.15. The number of furan rings is 1. The van der Waals surface area contributed by atoms with Gasteiger partial charge in [-0.2, -0.15) is 10.5 Å². The summed E-state index contributed by atoms with van der Waals surface area (Å²) in [6.45, 7) is 0. The fourth-order valence-electron chi connectivity index (χ4n) is 1.16. The van der Waals surface area contributed by atoms with Crippen LogP contribution in [-0.4, -0.2) is 0 Å². The maximum atomic E-state index is 8.60. The molecule has 2 rings (SSSR count). The first-order valence-electron chi connectivity index (χ1n) is 3.67. The van der Waals surface area contributed by atoms with E-state index in [0.29, 0.717) is 11.1 Å². The molecule has 60 valence electrons. The van der Waals surface area contributed by atoms with E-state index in [9.17, 15) is 0 Å². The second kappa shape index (κ2) is 2.66. The lowest BCUT2D eigenvalue weighted by Crippen LogP contribution is -1.70. The largest absolute Gasteiger partial charge is 0.446 e. The van der Waals surface area contributed by atoms with Crippen LogP contribution in [0.15, 0.2) is 28.7 Å². The van der Waals surface area contributed by atoms with Gasteiger partial charge < -0.3 is 4.42 Å². The van der Waals surface area contributed by atoms with Crippen molar-refractivity contribution >= 4 is 11.0 Å². The van der Waals surface area contributed by atoms with E-state index in [1.807, 2.05) is 12.1 Å². The molecule has 0 unspecified atom stereocenters. The zero-order valence-corrected chi connectivity index (χ0v) is 6.61. The average molecular weight is 168 g/mol. The van der Waals surface area contributed by atoms with Gasteiger partial charge in [-0.15, -0.1) is 0 Å². The lowest BCUT2D eigenvalue weighted by molar-refractivity contribution is 0.599. The van der Waals surface area contributed by atoms with Gasteiger partial charge >= 0.3 is 0 Å². The Bertz CT molecular complexity index is 528. The Hall–Kier alpha value is -2.26. The van der Waals surface area contributed by atoms with Crippen molar-refractivity contribution in [3.63, 3.8) is 0 Å². The highest BCUT2D eigenvalue weighted by Gasteiger charge is 2.02. The van der Waals surface area contributed by atoms with Gasteiger partial charge in [-0.25, -0.2) is 0 Å². The van der Waals surface area contributed by atoms with E-state index in [0.717, 1.165) is 5.39 Å². The molecule has 0 aliphatic heterocycles. The number of benzene rings is 1. The summed E-state index contributed by atoms with van der Waals surface area (Å²) in [5, 5.41) is 18.0. The first-order valence-corrected chi connectivity index (χ1v) is 3.67. The molecule has 0 aliphatic carbocycles. The number of hydrogen-bond donors (Lipinski definition) is 0. The van der Waals surface area contributed by atoms with E-state index in [4.69, 9.17) is 14.9 Å². The van der Waals surface area contributed by atoms with E-state index in [1.165, 1.54) is 0 Å². The molecule has 0 bridgehead atoms. The molecule has 1 aromatic carbocycles. The molecule has 0 amide bonds. The quantitative estimate of drug-likeness (QED) is 0.605. The molecule has 0 saturated heterocycles. The third kappa shape index (κ3) is 1.13. The van der Waals surface area contributed by atoms with Crippen molar-refractivity contribution in [3.05, 3.63) is 35.6 Å². The Morgan fingerprint density at radius 2 is 1.92 bits per heavy atom. The van der Waals surface area contributed by atoms with Crippen LogP contribution in [0.3, 0.4) is 0 Å². The predicted octanol–water partition coefficient (Wildman–Crippen LogP) is 2.18. The van der Waals surface area contributed by atoms with Crippen LogP contribution in [0.5, 0.6) is 0 Å². The highest BCUT2D eigenvalue weighted by Crippen LogP contribution is 2.19. The molecule has 1 heterocycles. The van der Waals surface area contributed by atoms with Crippen LogP contribution in [0.1, 0.15) is 11.3 Å². The van der Waals surface area contributed by atoms with Gasteiger partial charge in [-0.05, 0) is 18.2 Å². The predicted molar refractivity (Wildman–Crippen MR) is 45.6 cm³/mol. The number of fused-ring (bicyclic) bond motifs is 1. The molecule has 3 heteroatoms. The molecule has 0 radical (unpaired) electrons. The maximum Gasteiger partial charge on any atom is 0.204 e. The number of nitrogens with zero attached hydrogens (tertiary/aromatic N) is 2. The molecule has 0 N–H and O–H groups in total. The zero-order valence-electron chi connectivity index (χ0n) is 6.61. The summed E-state index contributed by atoms with van der Waals surface area (Å²) in [7, 11) is 0. The van der Waals surface area contributed by atoms with Crippen molar-refractivity contribution in [2.75, 3.05) is 0 Å². The van der Waals surface area contributed by atoms with Crippen molar-refractivity contribution in [1.82, 2.24) is 0 Å². The second-order valence-corrected chi connectivity index (χ2v) is 2.59. The first-order chi connectivity index (χ1) is 6.33. The average Bonchev–Trinajstić information content (AvgIpc) is 2.58. The monoisotopic (exact) mass is 168 g/mol. The smallest absolute Gasteiger partial charge is 0.204 e. The van der Waals surface area contributed by atoms with Crippen molar-refractivity contribution in [2.45, 2.75) is 0 Å². The van der Waals surface area contributed by atoms with E-state index >= 15 is 0 Å². The fourth-order valence-corrected chi connectivity index (χ4v) is 1.16. The van der Waals surface area contributed by atoms with E-state index < -0.39 is 0 Å². The van der Waals surface area contributed by atoms with Crippen LogP contribution in [0, 0.1) is 22.7 Å². The van der Waals surface area contributed by atoms with Crippen molar-refractivity contribution in [3.8, 4) is 12.1 Å². The van der Waals surface area contributed by atoms with Crippen molar-refractivity contribution in [1.29, 1.82) is 10.5 Å². The minimum atomic E-state index is 0.269. The highest BCUT2D eigenvalue weighted by atomic mass is 16.3. The minimum absolute atomic E-state index is 0.269. The molecule has 0 saturated carbocycles. The third-order valence-electron chi connectivity index (χ3n) is 1.76. The standard InChI is InChI=1S/C10H4N2O/c11-5-7-1-2-8-4-9(6-12)13-10(8)3-7/h1-4H. The zero-order chi connectivity index (χ0) is 9.26. The van der Waals surface area contributed by atoms with Gasteiger partial charge in [0.1, 0.15) is 11.7 Å². The van der Waals surface area contributed by atoms with Gasteiger partial charge in [0, 0.05) is 11.5 Å². The van der Waals surface area contributed by atoms with Gasteiger partial charge in [-0.1, -0.05) is 0 Å². The number of rotatable bonds is 0. The van der Waals surface area contributed by atoms with Gasteiger partial charge in [0.05, 0.1) is 11.6 Å². The molecule has 0 spiro atoms. The van der Waals surface area contributed by atoms with E-state index in [-0.39, 0.29) is 5.76 Å². The number of nitriles is 2. The Balaban J connectivity index is 2.74. The number of hydrogen-bond acceptors (Lipinski definition) is 3. The van der Waals surface area contributed by atoms with Crippen LogP contribution in [-0.2, 0) is 0 Å². The Morgan fingerprint density at radius 1 is 1.08 bits per heavy atom. The summed E-state index contributed by atoms with van der Waals surface area (Å²) in [6, 6.07) is 10.6. The molecule has 0 aliphatic rings. The third-order valence-corrected chi connectivity index (χ3v) is 1.76. The van der Waals surface area contributed by atoms with Gasteiger partial charge in [-0.3, -0.25) is 0 Å². The van der Waals surface area contributed by atoms with E-state index in [2.05, 4.69) is 0 Å². The highest BCUT2D eigenvalue weighted by molar-refractivity contribution is 5.80. The first kappa shape index (κ1) is 7.39. The normalized spacial score (nSPS) is 9.38. The van der Waals surface area contributed by atoms with E-state index in [1.54, 1.807) is 24.3 Å². The Kier molecular flexibility index (Phi) is 1.51. The van der Waals surface area contributed by atoms with Crippen LogP contribution in [0.4, 0.5) is 0 Å². The minimum Gasteiger partial charge on any atom is -0.446 e. The second-order valence-electron chi connectivity index (χ2n) is 2.59. The Morgan fingerprint density at radius 3 is 2.62 bits per heavy atom. The summed E-state index contributed by atoms with van der Waals surface area (Å²) in [5.41, 5.74) is 1.11. The molecule has 1 aromatic heterocycles. The molecule has 2 aromatic rings. The van der Waals surface area contributed by atoms with Crippen molar-refractivity contribution in [2.24, 2.45) is 0 Å². The van der Waals surface area contributed by atoms with Crippen LogP contribution in [0.25, 0.3) is 11.0 Å². The van der Waals surface area contributed by atoms with Crippen LogP contribution in [0.2, 0.25) is 0 Å². The van der Waals surface area contributed by atoms with Crippen LogP contribution >= 0.6 is 0 Å². The van der Waals surface area contributed by atoms with Crippen molar-refractivity contribution < 1.29 is 4.42 Å². The lowest BCUT2D eigenvalue weighted by Gasteiger charge is -1.87. The molecule has 3 nitrogen and oxygen atoms in total. The summed E-state index contributed by atoms with van der Waals surface area (Å²) in [4.78, 5) is 0. The fraction of sp³-hybridized carbons (Fsp3) is 0. The maximum absolute atomic E-state index is 8.60. The van der Waals surface area contributed by atoms with Gasteiger partial charge in [0.15, 0.2) is 0 Å². The van der Waals surface area contributed by atoms with Gasteiger partial charge in [0.25, 0.3) is 0 Å². The molecule has 13 heavy (non-hydrogen) atoms. The summed E-state index contributed by atoms with van der Waals surface area (Å²) in [5.74, 6) is 0.269. The molecule has 0 atom stereocenters. The summed E-state index contributed by atoms with van der Waals surface area (Å²) in [6.07, 6.45) is 0. The van der Waals surface area contributed by atoms with Gasteiger partial charge in [0.2, 0.25) is 5.76 Å². The molecular weight excluding hydrogens is 164 g/mol. The molecular formula is C10H4N2O. The SMILES string of the molecule is N#Cc1ccc2cc(C#N)oc2c1.